The molecule has 3 rings (SSSR count). The van der Waals surface area contributed by atoms with Crippen LogP contribution in [0.25, 0.3) is 0 Å². The Kier molecular flexibility index (Phi) is 3.48. The molecule has 1 unspecified atom stereocenters. The predicted molar refractivity (Wildman–Crippen MR) is 73.9 cm³/mol. The second-order valence-corrected chi connectivity index (χ2v) is 5.48. The van der Waals surface area contributed by atoms with Gasteiger partial charge in [0.05, 0.1) is 5.02 Å². The van der Waals surface area contributed by atoms with Crippen molar-refractivity contribution in [2.24, 2.45) is 0 Å². The van der Waals surface area contributed by atoms with Gasteiger partial charge in [-0.15, -0.1) is 0 Å². The largest absolute Gasteiger partial charge is 0.384 e. The fraction of sp³-hybridized carbons (Fsp3) is 0.250. The molecule has 0 aromatic heterocycles. The molecule has 0 saturated carbocycles. The van der Waals surface area contributed by atoms with Crippen LogP contribution in [0.15, 0.2) is 30.3 Å². The highest BCUT2D eigenvalue weighted by molar-refractivity contribution is 6.30. The van der Waals surface area contributed by atoms with E-state index in [-0.39, 0.29) is 10.6 Å². The first-order valence-electron chi connectivity index (χ1n) is 6.50. The van der Waals surface area contributed by atoms with Crippen LogP contribution < -0.4 is 0 Å². The van der Waals surface area contributed by atoms with Crippen molar-refractivity contribution < 1.29 is 13.9 Å². The van der Waals surface area contributed by atoms with Gasteiger partial charge in [0.15, 0.2) is 0 Å². The molecule has 1 aliphatic carbocycles. The minimum absolute atomic E-state index is 0.0927. The Morgan fingerprint density at radius 2 is 1.75 bits per heavy atom. The van der Waals surface area contributed by atoms with Gasteiger partial charge in [-0.25, -0.2) is 8.78 Å². The van der Waals surface area contributed by atoms with E-state index >= 15 is 0 Å². The zero-order valence-corrected chi connectivity index (χ0v) is 11.4. The Morgan fingerprint density at radius 1 is 1.00 bits per heavy atom. The smallest absolute Gasteiger partial charge is 0.142 e. The van der Waals surface area contributed by atoms with Gasteiger partial charge in [-0.05, 0) is 48.1 Å². The number of aryl methyl sites for hydroxylation is 2. The van der Waals surface area contributed by atoms with E-state index in [0.29, 0.717) is 5.56 Å². The Labute approximate surface area is 120 Å². The summed E-state index contributed by atoms with van der Waals surface area (Å²) in [6.07, 6.45) is 1.91. The molecule has 0 heterocycles. The maximum Gasteiger partial charge on any atom is 0.142 e. The van der Waals surface area contributed by atoms with E-state index in [2.05, 4.69) is 0 Å². The van der Waals surface area contributed by atoms with E-state index in [0.717, 1.165) is 31.4 Å². The molecule has 1 atom stereocenters. The quantitative estimate of drug-likeness (QED) is 0.824. The molecule has 0 radical (unpaired) electrons. The van der Waals surface area contributed by atoms with Gasteiger partial charge < -0.3 is 5.11 Å². The number of hydrogen-bond acceptors (Lipinski definition) is 1. The number of halogens is 3. The number of hydrogen-bond donors (Lipinski definition) is 1. The van der Waals surface area contributed by atoms with E-state index in [4.69, 9.17) is 11.6 Å². The zero-order valence-electron chi connectivity index (χ0n) is 10.7. The third kappa shape index (κ3) is 2.32. The number of aliphatic hydroxyl groups is 1. The Hall–Kier alpha value is -1.45. The summed E-state index contributed by atoms with van der Waals surface area (Å²) in [5.74, 6) is -1.44. The lowest BCUT2D eigenvalue weighted by Gasteiger charge is -2.14. The van der Waals surface area contributed by atoms with Gasteiger partial charge >= 0.3 is 0 Å². The molecule has 0 bridgehead atoms. The molecule has 20 heavy (non-hydrogen) atoms. The summed E-state index contributed by atoms with van der Waals surface area (Å²) in [5.41, 5.74) is 2.93. The predicted octanol–water partition coefficient (Wildman–Crippen LogP) is 4.19. The summed E-state index contributed by atoms with van der Waals surface area (Å²) < 4.78 is 27.3. The standard InChI is InChI=1S/C16H13ClF2O/c17-13-8-14(18)12(7-15(13)19)16(20)11-5-4-9-2-1-3-10(9)6-11/h4-8,16,20H,1-3H2. The van der Waals surface area contributed by atoms with Gasteiger partial charge in [0, 0.05) is 5.56 Å². The first-order valence-corrected chi connectivity index (χ1v) is 6.88. The minimum Gasteiger partial charge on any atom is -0.384 e. The summed E-state index contributed by atoms with van der Waals surface area (Å²) in [6.45, 7) is 0. The Balaban J connectivity index is 2.00. The van der Waals surface area contributed by atoms with Crippen LogP contribution in [-0.4, -0.2) is 5.11 Å². The highest BCUT2D eigenvalue weighted by Crippen LogP contribution is 2.31. The van der Waals surface area contributed by atoms with E-state index in [1.54, 1.807) is 6.07 Å². The molecule has 2 aromatic carbocycles. The van der Waals surface area contributed by atoms with Gasteiger partial charge in [0.2, 0.25) is 0 Å². The van der Waals surface area contributed by atoms with Crippen LogP contribution in [0.3, 0.4) is 0 Å². The summed E-state index contributed by atoms with van der Waals surface area (Å²) in [5, 5.41) is 9.98. The Bertz CT molecular complexity index is 670. The van der Waals surface area contributed by atoms with E-state index < -0.39 is 17.7 Å². The summed E-state index contributed by atoms with van der Waals surface area (Å²) in [4.78, 5) is 0. The van der Waals surface area contributed by atoms with Crippen molar-refractivity contribution in [1.82, 2.24) is 0 Å². The van der Waals surface area contributed by atoms with Gasteiger partial charge in [0.25, 0.3) is 0 Å². The Morgan fingerprint density at radius 3 is 2.55 bits per heavy atom. The average molecular weight is 295 g/mol. The second kappa shape index (κ2) is 5.15. The monoisotopic (exact) mass is 294 g/mol. The second-order valence-electron chi connectivity index (χ2n) is 5.07. The third-order valence-electron chi connectivity index (χ3n) is 3.77. The van der Waals surface area contributed by atoms with Gasteiger partial charge in [0.1, 0.15) is 17.7 Å². The van der Waals surface area contributed by atoms with Crippen molar-refractivity contribution >= 4 is 11.6 Å². The van der Waals surface area contributed by atoms with Crippen LogP contribution >= 0.6 is 11.6 Å². The average Bonchev–Trinajstić information content (AvgIpc) is 2.89. The minimum atomic E-state index is -1.19. The van der Waals surface area contributed by atoms with Gasteiger partial charge in [-0.1, -0.05) is 29.8 Å². The molecular formula is C16H13ClF2O. The fourth-order valence-electron chi connectivity index (χ4n) is 2.69. The van der Waals surface area contributed by atoms with Crippen molar-refractivity contribution in [2.45, 2.75) is 25.4 Å². The molecule has 1 N–H and O–H groups in total. The zero-order chi connectivity index (χ0) is 14.3. The number of rotatable bonds is 2. The van der Waals surface area contributed by atoms with Crippen molar-refractivity contribution in [2.75, 3.05) is 0 Å². The van der Waals surface area contributed by atoms with Gasteiger partial charge in [-0.3, -0.25) is 0 Å². The molecule has 0 spiro atoms. The molecule has 0 saturated heterocycles. The molecule has 0 amide bonds. The number of fused-ring (bicyclic) bond motifs is 1. The highest BCUT2D eigenvalue weighted by atomic mass is 35.5. The molecule has 2 aromatic rings. The fourth-order valence-corrected chi connectivity index (χ4v) is 2.84. The van der Waals surface area contributed by atoms with Crippen LogP contribution in [0.5, 0.6) is 0 Å². The maximum atomic E-state index is 13.8. The molecule has 0 fully saturated rings. The molecule has 4 heteroatoms. The SMILES string of the molecule is OC(c1ccc2c(c1)CCC2)c1cc(F)c(Cl)cc1F. The van der Waals surface area contributed by atoms with Crippen molar-refractivity contribution in [3.63, 3.8) is 0 Å². The first-order chi connectivity index (χ1) is 9.56. The van der Waals surface area contributed by atoms with E-state index in [1.807, 2.05) is 12.1 Å². The van der Waals surface area contributed by atoms with Crippen molar-refractivity contribution in [1.29, 1.82) is 0 Å². The first kappa shape index (κ1) is 13.5. The lowest BCUT2D eigenvalue weighted by atomic mass is 9.97. The van der Waals surface area contributed by atoms with Crippen molar-refractivity contribution in [3.05, 3.63) is 69.2 Å². The molecule has 1 nitrogen and oxygen atoms in total. The summed E-state index contributed by atoms with van der Waals surface area (Å²) >= 11 is 5.52. The summed E-state index contributed by atoms with van der Waals surface area (Å²) in [7, 11) is 0. The van der Waals surface area contributed by atoms with Crippen LogP contribution in [0.4, 0.5) is 8.78 Å². The normalized spacial score (nSPS) is 15.2. The van der Waals surface area contributed by atoms with Crippen LogP contribution in [-0.2, 0) is 12.8 Å². The highest BCUT2D eigenvalue weighted by Gasteiger charge is 2.20. The molecular weight excluding hydrogens is 282 g/mol. The summed E-state index contributed by atoms with van der Waals surface area (Å²) in [6, 6.07) is 7.43. The van der Waals surface area contributed by atoms with Crippen LogP contribution in [0, 0.1) is 11.6 Å². The lowest BCUT2D eigenvalue weighted by Crippen LogP contribution is -2.04. The molecule has 1 aliphatic rings. The van der Waals surface area contributed by atoms with E-state index in [9.17, 15) is 13.9 Å². The van der Waals surface area contributed by atoms with Gasteiger partial charge in [-0.2, -0.15) is 0 Å². The third-order valence-corrected chi connectivity index (χ3v) is 4.06. The lowest BCUT2D eigenvalue weighted by molar-refractivity contribution is 0.214. The molecule has 104 valence electrons. The van der Waals surface area contributed by atoms with Crippen molar-refractivity contribution in [3.8, 4) is 0 Å². The maximum absolute atomic E-state index is 13.8. The molecule has 0 aliphatic heterocycles. The van der Waals surface area contributed by atoms with Crippen LogP contribution in [0.2, 0.25) is 5.02 Å². The number of aliphatic hydroxyl groups excluding tert-OH is 1. The number of benzene rings is 2. The van der Waals surface area contributed by atoms with E-state index in [1.165, 1.54) is 11.1 Å². The van der Waals surface area contributed by atoms with Crippen LogP contribution in [0.1, 0.15) is 34.8 Å². The topological polar surface area (TPSA) is 20.2 Å².